The van der Waals surface area contributed by atoms with E-state index in [0.29, 0.717) is 21.6 Å². The Labute approximate surface area is 168 Å². The van der Waals surface area contributed by atoms with E-state index in [1.54, 1.807) is 10.9 Å². The number of hydrogen-bond donors (Lipinski definition) is 0. The van der Waals surface area contributed by atoms with E-state index in [9.17, 15) is 9.59 Å². The molecule has 0 saturated carbocycles. The molecule has 1 aromatic carbocycles. The van der Waals surface area contributed by atoms with Crippen LogP contribution in [0.25, 0.3) is 10.2 Å². The van der Waals surface area contributed by atoms with Crippen LogP contribution in [0.4, 0.5) is 5.69 Å². The van der Waals surface area contributed by atoms with Gasteiger partial charge in [0.15, 0.2) is 0 Å². The van der Waals surface area contributed by atoms with Gasteiger partial charge in [-0.15, -0.1) is 11.3 Å². The van der Waals surface area contributed by atoms with Gasteiger partial charge < -0.3 is 4.90 Å². The first kappa shape index (κ1) is 18.9. The normalized spacial score (nSPS) is 16.0. The lowest BCUT2D eigenvalue weighted by molar-refractivity contribution is 0.0985. The Morgan fingerprint density at radius 2 is 2.07 bits per heavy atom. The molecule has 2 aromatic heterocycles. The molecule has 0 N–H and O–H groups in total. The quantitative estimate of drug-likeness (QED) is 0.596. The molecule has 1 aliphatic rings. The summed E-state index contributed by atoms with van der Waals surface area (Å²) in [5.74, 6) is -0.0325. The van der Waals surface area contributed by atoms with E-state index in [0.717, 1.165) is 36.9 Å². The van der Waals surface area contributed by atoms with E-state index in [2.05, 4.69) is 24.9 Å². The third-order valence-electron chi connectivity index (χ3n) is 5.54. The fourth-order valence-corrected chi connectivity index (χ4v) is 5.12. The molecule has 146 valence electrons. The zero-order chi connectivity index (χ0) is 19.8. The van der Waals surface area contributed by atoms with Gasteiger partial charge in [-0.1, -0.05) is 38.0 Å². The predicted molar refractivity (Wildman–Crippen MR) is 115 cm³/mol. The number of carbonyl (C=O) groups is 1. The zero-order valence-electron chi connectivity index (χ0n) is 16.6. The maximum atomic E-state index is 13.4. The lowest BCUT2D eigenvalue weighted by Crippen LogP contribution is -2.35. The molecule has 4 rings (SSSR count). The first-order valence-corrected chi connectivity index (χ1v) is 10.7. The monoisotopic (exact) mass is 395 g/mol. The van der Waals surface area contributed by atoms with Gasteiger partial charge in [0.2, 0.25) is 0 Å². The number of hydrogen-bond acceptors (Lipinski definition) is 4. The summed E-state index contributed by atoms with van der Waals surface area (Å²) in [6.07, 6.45) is 5.63. The van der Waals surface area contributed by atoms with Gasteiger partial charge in [-0.25, -0.2) is 4.98 Å². The number of anilines is 1. The number of unbranched alkanes of at least 4 members (excludes halogenated alkanes) is 2. The lowest BCUT2D eigenvalue weighted by Gasteiger charge is -2.22. The van der Waals surface area contributed by atoms with Crippen LogP contribution in [0.15, 0.2) is 35.4 Å². The van der Waals surface area contributed by atoms with Crippen molar-refractivity contribution in [2.45, 2.75) is 59.0 Å². The minimum atomic E-state index is -0.0382. The van der Waals surface area contributed by atoms with E-state index in [1.165, 1.54) is 16.9 Å². The smallest absolute Gasteiger partial charge is 0.268 e. The number of amides is 1. The van der Waals surface area contributed by atoms with Crippen LogP contribution >= 0.6 is 11.3 Å². The molecule has 1 aliphatic heterocycles. The molecule has 0 bridgehead atoms. The zero-order valence-corrected chi connectivity index (χ0v) is 17.4. The summed E-state index contributed by atoms with van der Waals surface area (Å²) in [6, 6.07) is 8.15. The molecule has 0 saturated heterocycles. The molecule has 3 heterocycles. The van der Waals surface area contributed by atoms with Crippen LogP contribution in [-0.4, -0.2) is 21.5 Å². The van der Waals surface area contributed by atoms with Gasteiger partial charge in [0.25, 0.3) is 11.5 Å². The molecule has 1 unspecified atom stereocenters. The van der Waals surface area contributed by atoms with E-state index in [-0.39, 0.29) is 17.5 Å². The van der Waals surface area contributed by atoms with Crippen molar-refractivity contribution in [3.05, 3.63) is 57.0 Å². The Morgan fingerprint density at radius 1 is 1.29 bits per heavy atom. The molecule has 1 atom stereocenters. The van der Waals surface area contributed by atoms with E-state index in [4.69, 9.17) is 0 Å². The topological polar surface area (TPSA) is 55.2 Å². The molecular formula is C22H25N3O2S. The van der Waals surface area contributed by atoms with Gasteiger partial charge in [0.1, 0.15) is 4.83 Å². The number of fused-ring (bicyclic) bond motifs is 2. The Kier molecular flexibility index (Phi) is 5.06. The number of thiophene rings is 1. The molecule has 5 nitrogen and oxygen atoms in total. The maximum Gasteiger partial charge on any atom is 0.268 e. The molecule has 0 radical (unpaired) electrons. The number of aromatic nitrogens is 2. The second kappa shape index (κ2) is 7.51. The van der Waals surface area contributed by atoms with Gasteiger partial charge in [-0.2, -0.15) is 0 Å². The molecule has 0 fully saturated rings. The first-order valence-electron chi connectivity index (χ1n) is 9.93. The molecule has 0 spiro atoms. The SMILES string of the molecule is CCCCCn1cnc2sc(C(=O)N3c4ccccc4CC3C)c(C)c2c1=O. The van der Waals surface area contributed by atoms with Crippen LogP contribution in [0.2, 0.25) is 0 Å². The van der Waals surface area contributed by atoms with Crippen molar-refractivity contribution in [3.8, 4) is 0 Å². The van der Waals surface area contributed by atoms with Crippen molar-refractivity contribution in [1.82, 2.24) is 9.55 Å². The molecular weight excluding hydrogens is 370 g/mol. The number of rotatable bonds is 5. The van der Waals surface area contributed by atoms with Crippen LogP contribution in [-0.2, 0) is 13.0 Å². The largest absolute Gasteiger partial charge is 0.304 e. The van der Waals surface area contributed by atoms with E-state index in [1.807, 2.05) is 30.0 Å². The third kappa shape index (κ3) is 3.05. The van der Waals surface area contributed by atoms with Crippen LogP contribution in [0.1, 0.15) is 53.9 Å². The van der Waals surface area contributed by atoms with Crippen LogP contribution in [0, 0.1) is 6.92 Å². The van der Waals surface area contributed by atoms with Gasteiger partial charge in [0, 0.05) is 18.3 Å². The van der Waals surface area contributed by atoms with E-state index < -0.39 is 0 Å². The van der Waals surface area contributed by atoms with Crippen molar-refractivity contribution >= 4 is 33.1 Å². The average molecular weight is 396 g/mol. The summed E-state index contributed by atoms with van der Waals surface area (Å²) in [4.78, 5) is 34.0. The number of nitrogens with zero attached hydrogens (tertiary/aromatic N) is 3. The number of para-hydroxylation sites is 1. The molecule has 0 aliphatic carbocycles. The highest BCUT2D eigenvalue weighted by atomic mass is 32.1. The molecule has 6 heteroatoms. The van der Waals surface area contributed by atoms with Gasteiger partial charge in [-0.05, 0) is 43.9 Å². The van der Waals surface area contributed by atoms with Crippen molar-refractivity contribution in [1.29, 1.82) is 0 Å². The minimum absolute atomic E-state index is 0.0325. The summed E-state index contributed by atoms with van der Waals surface area (Å²) in [5.41, 5.74) is 2.88. The van der Waals surface area contributed by atoms with Crippen molar-refractivity contribution < 1.29 is 4.79 Å². The van der Waals surface area contributed by atoms with Crippen LogP contribution in [0.3, 0.4) is 0 Å². The van der Waals surface area contributed by atoms with Crippen LogP contribution < -0.4 is 10.5 Å². The highest BCUT2D eigenvalue weighted by molar-refractivity contribution is 7.20. The molecule has 28 heavy (non-hydrogen) atoms. The summed E-state index contributed by atoms with van der Waals surface area (Å²) >= 11 is 1.33. The number of benzene rings is 1. The highest BCUT2D eigenvalue weighted by Gasteiger charge is 2.33. The van der Waals surface area contributed by atoms with Crippen molar-refractivity contribution in [3.63, 3.8) is 0 Å². The van der Waals surface area contributed by atoms with Gasteiger partial charge in [-0.3, -0.25) is 14.2 Å². The Bertz CT molecular complexity index is 1100. The first-order chi connectivity index (χ1) is 13.5. The number of aryl methyl sites for hydroxylation is 2. The fraction of sp³-hybridized carbons (Fsp3) is 0.409. The summed E-state index contributed by atoms with van der Waals surface area (Å²) < 4.78 is 1.68. The lowest BCUT2D eigenvalue weighted by atomic mass is 10.1. The standard InChI is InChI=1S/C22H25N3O2S/c1-4-5-8-11-24-13-23-20-18(21(24)26)15(3)19(28-20)22(27)25-14(2)12-16-9-6-7-10-17(16)25/h6-7,9-10,13-14H,4-5,8,11-12H2,1-3H3. The van der Waals surface area contributed by atoms with Crippen molar-refractivity contribution in [2.24, 2.45) is 0 Å². The third-order valence-corrected chi connectivity index (χ3v) is 6.73. The van der Waals surface area contributed by atoms with Crippen LogP contribution in [0.5, 0.6) is 0 Å². The maximum absolute atomic E-state index is 13.4. The number of carbonyl (C=O) groups excluding carboxylic acids is 1. The predicted octanol–water partition coefficient (Wildman–Crippen LogP) is 4.55. The Balaban J connectivity index is 1.74. The van der Waals surface area contributed by atoms with Gasteiger partial charge >= 0.3 is 0 Å². The average Bonchev–Trinajstić information content (AvgIpc) is 3.20. The summed E-state index contributed by atoms with van der Waals surface area (Å²) in [5, 5.41) is 0.590. The van der Waals surface area contributed by atoms with Crippen molar-refractivity contribution in [2.75, 3.05) is 4.90 Å². The summed E-state index contributed by atoms with van der Waals surface area (Å²) in [7, 11) is 0. The fourth-order valence-electron chi connectivity index (χ4n) is 4.04. The minimum Gasteiger partial charge on any atom is -0.304 e. The Morgan fingerprint density at radius 3 is 2.86 bits per heavy atom. The molecule has 1 amide bonds. The second-order valence-electron chi connectivity index (χ2n) is 7.54. The second-order valence-corrected chi connectivity index (χ2v) is 8.54. The Hall–Kier alpha value is -2.47. The highest BCUT2D eigenvalue weighted by Crippen LogP contribution is 2.36. The molecule has 3 aromatic rings. The van der Waals surface area contributed by atoms with E-state index >= 15 is 0 Å². The van der Waals surface area contributed by atoms with Gasteiger partial charge in [0.05, 0.1) is 16.6 Å². The summed E-state index contributed by atoms with van der Waals surface area (Å²) in [6.45, 7) is 6.75.